The van der Waals surface area contributed by atoms with Gasteiger partial charge in [-0.05, 0) is 75.7 Å². The topological polar surface area (TPSA) is 38.3 Å². The van der Waals surface area contributed by atoms with Gasteiger partial charge in [-0.25, -0.2) is 0 Å². The molecule has 0 heterocycles. The molecule has 4 saturated carbocycles. The minimum absolute atomic E-state index is 0.0263. The molecule has 0 aromatic heterocycles. The van der Waals surface area contributed by atoms with E-state index in [4.69, 9.17) is 4.74 Å². The molecule has 4 rings (SSSR count). The number of nitrogens with one attached hydrogen (secondary N) is 1. The van der Waals surface area contributed by atoms with Crippen molar-refractivity contribution in [3.05, 3.63) is 0 Å². The Morgan fingerprint density at radius 3 is 2.08 bits per heavy atom. The third-order valence-corrected chi connectivity index (χ3v) is 6.28. The molecule has 0 aromatic rings. The molecule has 0 radical (unpaired) electrons. The molecular formula is C19H30F3NO2. The number of ether oxygens (including phenoxy) is 1. The molecule has 3 nitrogen and oxygen atoms in total. The number of carbonyl (C=O) groups is 1. The van der Waals surface area contributed by atoms with Crippen LogP contribution in [0.3, 0.4) is 0 Å². The zero-order chi connectivity index (χ0) is 17.9. The van der Waals surface area contributed by atoms with Gasteiger partial charge in [-0.3, -0.25) is 4.79 Å². The van der Waals surface area contributed by atoms with Crippen molar-refractivity contribution in [1.29, 1.82) is 0 Å². The summed E-state index contributed by atoms with van der Waals surface area (Å²) in [6.45, 7) is -0.0845. The Kier molecular flexibility index (Phi) is 5.96. The Morgan fingerprint density at radius 2 is 1.52 bits per heavy atom. The maximum Gasteiger partial charge on any atom is 0.401 e. The number of carbonyl (C=O) groups excluding carboxylic acids is 1. The van der Waals surface area contributed by atoms with Crippen molar-refractivity contribution in [3.8, 4) is 0 Å². The second-order valence-corrected chi connectivity index (χ2v) is 8.54. The minimum atomic E-state index is -4.13. The smallest absolute Gasteiger partial charge is 0.401 e. The van der Waals surface area contributed by atoms with Crippen molar-refractivity contribution in [2.45, 2.75) is 70.4 Å². The summed E-state index contributed by atoms with van der Waals surface area (Å²) in [4.78, 5) is 12.6. The highest BCUT2D eigenvalue weighted by Gasteiger charge is 2.55. The van der Waals surface area contributed by atoms with Gasteiger partial charge in [0.1, 0.15) is 0 Å². The molecular weight excluding hydrogens is 331 g/mol. The standard InChI is InChI=1S/C19H30F3NO2/c20-19(21,22)13-23-5-3-1-2-4-6-25-17(24)18-10-14-7-15(11-18)9-16(8-14)12-18/h14-16,23H,1-13H2. The van der Waals surface area contributed by atoms with Crippen LogP contribution < -0.4 is 5.32 Å². The van der Waals surface area contributed by atoms with Crippen LogP contribution in [-0.2, 0) is 9.53 Å². The molecule has 6 heteroatoms. The highest BCUT2D eigenvalue weighted by Crippen LogP contribution is 2.60. The maximum atomic E-state index is 12.6. The van der Waals surface area contributed by atoms with E-state index in [9.17, 15) is 18.0 Å². The van der Waals surface area contributed by atoms with Crippen LogP contribution in [-0.4, -0.2) is 31.8 Å². The van der Waals surface area contributed by atoms with Gasteiger partial charge in [0.15, 0.2) is 0 Å². The summed E-state index contributed by atoms with van der Waals surface area (Å²) >= 11 is 0. The lowest BCUT2D eigenvalue weighted by molar-refractivity contribution is -0.171. The first-order valence-electron chi connectivity index (χ1n) is 9.81. The van der Waals surface area contributed by atoms with Crippen LogP contribution in [0.15, 0.2) is 0 Å². The molecule has 0 saturated heterocycles. The number of rotatable bonds is 9. The third kappa shape index (κ3) is 5.11. The fourth-order valence-electron chi connectivity index (χ4n) is 5.61. The number of unbranched alkanes of at least 4 members (excludes halogenated alkanes) is 3. The van der Waals surface area contributed by atoms with E-state index >= 15 is 0 Å². The Hall–Kier alpha value is -0.780. The maximum absolute atomic E-state index is 12.6. The number of hydrogen-bond acceptors (Lipinski definition) is 3. The van der Waals surface area contributed by atoms with Crippen molar-refractivity contribution in [3.63, 3.8) is 0 Å². The van der Waals surface area contributed by atoms with E-state index in [1.807, 2.05) is 0 Å². The van der Waals surface area contributed by atoms with Crippen LogP contribution in [0.5, 0.6) is 0 Å². The van der Waals surface area contributed by atoms with Gasteiger partial charge >= 0.3 is 12.1 Å². The van der Waals surface area contributed by atoms with E-state index in [1.165, 1.54) is 19.3 Å². The van der Waals surface area contributed by atoms with E-state index in [-0.39, 0.29) is 11.4 Å². The summed E-state index contributed by atoms with van der Waals surface area (Å²) < 4.78 is 41.5. The van der Waals surface area contributed by atoms with Gasteiger partial charge in [0.2, 0.25) is 0 Å². The van der Waals surface area contributed by atoms with Crippen molar-refractivity contribution < 1.29 is 22.7 Å². The second-order valence-electron chi connectivity index (χ2n) is 8.54. The summed E-state index contributed by atoms with van der Waals surface area (Å²) in [7, 11) is 0. The second kappa shape index (κ2) is 7.85. The zero-order valence-corrected chi connectivity index (χ0v) is 14.9. The molecule has 0 amide bonds. The molecule has 4 fully saturated rings. The molecule has 0 atom stereocenters. The fraction of sp³-hybridized carbons (Fsp3) is 0.947. The minimum Gasteiger partial charge on any atom is -0.465 e. The predicted octanol–water partition coefficient (Wildman–Crippen LogP) is 4.46. The summed E-state index contributed by atoms with van der Waals surface area (Å²) in [6, 6.07) is 0. The third-order valence-electron chi connectivity index (χ3n) is 6.28. The molecule has 144 valence electrons. The van der Waals surface area contributed by atoms with Crippen LogP contribution in [0.4, 0.5) is 13.2 Å². The van der Waals surface area contributed by atoms with E-state index in [1.54, 1.807) is 0 Å². The van der Waals surface area contributed by atoms with Crippen LogP contribution in [0.1, 0.15) is 64.2 Å². The molecule has 0 aliphatic heterocycles. The molecule has 0 aromatic carbocycles. The first-order chi connectivity index (χ1) is 11.9. The average Bonchev–Trinajstić information content (AvgIpc) is 2.50. The van der Waals surface area contributed by atoms with E-state index in [0.717, 1.165) is 62.7 Å². The SMILES string of the molecule is O=C(OCCCCCCNCC(F)(F)F)C12CC3CC(CC(C3)C1)C2. The zero-order valence-electron chi connectivity index (χ0n) is 14.9. The summed E-state index contributed by atoms with van der Waals surface area (Å²) in [5.41, 5.74) is -0.184. The Labute approximate surface area is 148 Å². The van der Waals surface area contributed by atoms with Gasteiger partial charge in [-0.1, -0.05) is 12.8 Å². The summed E-state index contributed by atoms with van der Waals surface area (Å²) in [5.74, 6) is 2.24. The van der Waals surface area contributed by atoms with Crippen molar-refractivity contribution in [2.75, 3.05) is 19.7 Å². The number of alkyl halides is 3. The summed E-state index contributed by atoms with van der Waals surface area (Å²) in [6.07, 6.45) is 6.18. The largest absolute Gasteiger partial charge is 0.465 e. The van der Waals surface area contributed by atoms with Crippen molar-refractivity contribution in [1.82, 2.24) is 5.32 Å². The highest BCUT2D eigenvalue weighted by atomic mass is 19.4. The lowest BCUT2D eigenvalue weighted by Gasteiger charge is -2.55. The van der Waals surface area contributed by atoms with Crippen LogP contribution in [0, 0.1) is 23.2 Å². The molecule has 25 heavy (non-hydrogen) atoms. The van der Waals surface area contributed by atoms with Gasteiger partial charge in [0.05, 0.1) is 18.6 Å². The van der Waals surface area contributed by atoms with Gasteiger partial charge in [0, 0.05) is 0 Å². The van der Waals surface area contributed by atoms with Crippen LogP contribution in [0.25, 0.3) is 0 Å². The predicted molar refractivity (Wildman–Crippen MR) is 89.0 cm³/mol. The Balaban J connectivity index is 1.25. The van der Waals surface area contributed by atoms with E-state index in [0.29, 0.717) is 13.2 Å². The van der Waals surface area contributed by atoms with Gasteiger partial charge in [0.25, 0.3) is 0 Å². The van der Waals surface area contributed by atoms with E-state index < -0.39 is 12.7 Å². The average molecular weight is 361 g/mol. The Morgan fingerprint density at radius 1 is 0.960 bits per heavy atom. The van der Waals surface area contributed by atoms with Gasteiger partial charge in [-0.15, -0.1) is 0 Å². The quantitative estimate of drug-likeness (QED) is 0.487. The molecule has 0 spiro atoms. The number of hydrogen-bond donors (Lipinski definition) is 1. The van der Waals surface area contributed by atoms with Crippen molar-refractivity contribution in [2.24, 2.45) is 23.2 Å². The van der Waals surface area contributed by atoms with Crippen LogP contribution in [0.2, 0.25) is 0 Å². The molecule has 4 bridgehead atoms. The first kappa shape index (κ1) is 19.0. The monoisotopic (exact) mass is 361 g/mol. The van der Waals surface area contributed by atoms with Crippen LogP contribution >= 0.6 is 0 Å². The van der Waals surface area contributed by atoms with Crippen molar-refractivity contribution >= 4 is 5.97 Å². The Bertz CT molecular complexity index is 429. The molecule has 1 N–H and O–H groups in total. The fourth-order valence-corrected chi connectivity index (χ4v) is 5.61. The van der Waals surface area contributed by atoms with E-state index in [2.05, 4.69) is 5.32 Å². The number of halogens is 3. The first-order valence-corrected chi connectivity index (χ1v) is 9.81. The normalized spacial score (nSPS) is 33.6. The summed E-state index contributed by atoms with van der Waals surface area (Å²) in [5, 5.41) is 2.40. The molecule has 4 aliphatic rings. The molecule has 4 aliphatic carbocycles. The van der Waals surface area contributed by atoms with Gasteiger partial charge in [-0.2, -0.15) is 13.2 Å². The van der Waals surface area contributed by atoms with Gasteiger partial charge < -0.3 is 10.1 Å². The molecule has 0 unspecified atom stereocenters. The lowest BCUT2D eigenvalue weighted by atomic mass is 9.49. The highest BCUT2D eigenvalue weighted by molar-refractivity contribution is 5.77. The number of esters is 1. The lowest BCUT2D eigenvalue weighted by Crippen LogP contribution is -2.50.